The minimum absolute atomic E-state index is 0.0401. The van der Waals surface area contributed by atoms with Crippen LogP contribution in [-0.2, 0) is 10.0 Å². The fraction of sp³-hybridized carbons (Fsp3) is 0.167. The van der Waals surface area contributed by atoms with E-state index in [-0.39, 0.29) is 29.0 Å². The topological polar surface area (TPSA) is 75.3 Å². The van der Waals surface area contributed by atoms with E-state index in [9.17, 15) is 13.2 Å². The van der Waals surface area contributed by atoms with Crippen molar-refractivity contribution in [2.75, 3.05) is 6.54 Å². The summed E-state index contributed by atoms with van der Waals surface area (Å²) in [5, 5.41) is 2.87. The van der Waals surface area contributed by atoms with Crippen molar-refractivity contribution in [3.05, 3.63) is 76.8 Å². The van der Waals surface area contributed by atoms with Gasteiger partial charge in [-0.05, 0) is 42.8 Å². The molecule has 2 N–H and O–H groups in total. The van der Waals surface area contributed by atoms with Crippen molar-refractivity contribution in [2.45, 2.75) is 17.9 Å². The summed E-state index contributed by atoms with van der Waals surface area (Å²) >= 11 is 3.37. The van der Waals surface area contributed by atoms with Crippen LogP contribution in [0.2, 0.25) is 0 Å². The molecule has 132 valence electrons. The molecular weight excluding hydrogens is 404 g/mol. The molecule has 5 nitrogen and oxygen atoms in total. The highest BCUT2D eigenvalue weighted by Gasteiger charge is 2.16. The van der Waals surface area contributed by atoms with Gasteiger partial charge in [-0.25, -0.2) is 13.1 Å². The highest BCUT2D eigenvalue weighted by molar-refractivity contribution is 9.10. The van der Waals surface area contributed by atoms with Crippen LogP contribution in [0.5, 0.6) is 0 Å². The first kappa shape index (κ1) is 19.4. The molecule has 1 unspecified atom stereocenters. The second-order valence-corrected chi connectivity index (χ2v) is 8.10. The molecule has 0 aliphatic heterocycles. The standard InChI is InChI=1S/C18H19BrN2O3S/c1-3-11-20-25(23,24)17-6-4-5-15(12-17)18(22)21-13(2)14-7-9-16(19)10-8-14/h3-10,12-13,20H,1,11H2,2H3,(H,21,22). The Morgan fingerprint density at radius 1 is 1.24 bits per heavy atom. The van der Waals surface area contributed by atoms with Gasteiger partial charge in [0.05, 0.1) is 10.9 Å². The van der Waals surface area contributed by atoms with E-state index in [4.69, 9.17) is 0 Å². The van der Waals surface area contributed by atoms with Gasteiger partial charge in [-0.3, -0.25) is 4.79 Å². The van der Waals surface area contributed by atoms with Crippen molar-refractivity contribution in [1.82, 2.24) is 10.0 Å². The maximum absolute atomic E-state index is 12.4. The molecule has 1 atom stereocenters. The van der Waals surface area contributed by atoms with E-state index >= 15 is 0 Å². The maximum Gasteiger partial charge on any atom is 0.251 e. The molecule has 2 rings (SSSR count). The quantitative estimate of drug-likeness (QED) is 0.671. The van der Waals surface area contributed by atoms with Gasteiger partial charge in [0.25, 0.3) is 5.91 Å². The molecular formula is C18H19BrN2O3S. The third-order valence-corrected chi connectivity index (χ3v) is 5.49. The number of amides is 1. The Hall–Kier alpha value is -1.96. The lowest BCUT2D eigenvalue weighted by molar-refractivity contribution is 0.0939. The average molecular weight is 423 g/mol. The largest absolute Gasteiger partial charge is 0.346 e. The number of carbonyl (C=O) groups excluding carboxylic acids is 1. The Morgan fingerprint density at radius 3 is 2.56 bits per heavy atom. The van der Waals surface area contributed by atoms with Crippen LogP contribution in [0.15, 0.2) is 70.6 Å². The number of hydrogen-bond donors (Lipinski definition) is 2. The Balaban J connectivity index is 2.15. The van der Waals surface area contributed by atoms with Crippen molar-refractivity contribution in [1.29, 1.82) is 0 Å². The molecule has 1 amide bonds. The summed E-state index contributed by atoms with van der Waals surface area (Å²) in [7, 11) is -3.67. The molecule has 0 saturated carbocycles. The van der Waals surface area contributed by atoms with Crippen LogP contribution < -0.4 is 10.0 Å². The lowest BCUT2D eigenvalue weighted by Crippen LogP contribution is -2.27. The summed E-state index contributed by atoms with van der Waals surface area (Å²) in [4.78, 5) is 12.5. The van der Waals surface area contributed by atoms with Crippen molar-refractivity contribution >= 4 is 31.9 Å². The van der Waals surface area contributed by atoms with E-state index in [1.54, 1.807) is 12.1 Å². The van der Waals surface area contributed by atoms with Crippen LogP contribution in [0, 0.1) is 0 Å². The number of halogens is 1. The van der Waals surface area contributed by atoms with Crippen molar-refractivity contribution < 1.29 is 13.2 Å². The molecule has 0 fully saturated rings. The monoisotopic (exact) mass is 422 g/mol. The zero-order valence-electron chi connectivity index (χ0n) is 13.7. The zero-order chi connectivity index (χ0) is 18.4. The highest BCUT2D eigenvalue weighted by Crippen LogP contribution is 2.18. The van der Waals surface area contributed by atoms with Crippen molar-refractivity contribution in [3.8, 4) is 0 Å². The predicted octanol–water partition coefficient (Wildman–Crippen LogP) is 3.40. The third kappa shape index (κ3) is 5.26. The summed E-state index contributed by atoms with van der Waals surface area (Å²) in [6.45, 7) is 5.47. The van der Waals surface area contributed by atoms with Gasteiger partial charge in [-0.1, -0.05) is 40.2 Å². The van der Waals surface area contributed by atoms with Gasteiger partial charge < -0.3 is 5.32 Å². The minimum atomic E-state index is -3.67. The first-order valence-corrected chi connectivity index (χ1v) is 9.88. The second-order valence-electron chi connectivity index (χ2n) is 5.42. The molecule has 0 aliphatic rings. The molecule has 0 radical (unpaired) electrons. The SMILES string of the molecule is C=CCNS(=O)(=O)c1cccc(C(=O)NC(C)c2ccc(Br)cc2)c1. The number of hydrogen-bond acceptors (Lipinski definition) is 3. The molecule has 0 spiro atoms. The molecule has 0 heterocycles. The maximum atomic E-state index is 12.4. The Labute approximate surface area is 156 Å². The van der Waals surface area contributed by atoms with E-state index in [0.717, 1.165) is 10.0 Å². The van der Waals surface area contributed by atoms with Gasteiger partial charge in [0, 0.05) is 16.6 Å². The average Bonchev–Trinajstić information content (AvgIpc) is 2.60. The van der Waals surface area contributed by atoms with Gasteiger partial charge in [0.2, 0.25) is 10.0 Å². The fourth-order valence-corrected chi connectivity index (χ4v) is 3.48. The number of rotatable bonds is 7. The van der Waals surface area contributed by atoms with Crippen LogP contribution in [0.4, 0.5) is 0 Å². The molecule has 0 saturated heterocycles. The summed E-state index contributed by atoms with van der Waals surface area (Å²) in [5.74, 6) is -0.337. The van der Waals surface area contributed by atoms with E-state index in [2.05, 4.69) is 32.5 Å². The molecule has 0 aromatic heterocycles. The number of sulfonamides is 1. The van der Waals surface area contributed by atoms with Crippen LogP contribution in [0.3, 0.4) is 0 Å². The summed E-state index contributed by atoms with van der Waals surface area (Å²) in [6, 6.07) is 13.3. The summed E-state index contributed by atoms with van der Waals surface area (Å²) < 4.78 is 27.6. The highest BCUT2D eigenvalue weighted by atomic mass is 79.9. The van der Waals surface area contributed by atoms with E-state index in [1.165, 1.54) is 18.2 Å². The van der Waals surface area contributed by atoms with Crippen LogP contribution in [-0.4, -0.2) is 20.9 Å². The number of nitrogens with one attached hydrogen (secondary N) is 2. The van der Waals surface area contributed by atoms with E-state index < -0.39 is 10.0 Å². The second kappa shape index (κ2) is 8.42. The Kier molecular flexibility index (Phi) is 6.52. The molecule has 0 aliphatic carbocycles. The summed E-state index contributed by atoms with van der Waals surface area (Å²) in [6.07, 6.45) is 1.45. The fourth-order valence-electron chi connectivity index (χ4n) is 2.17. The Morgan fingerprint density at radius 2 is 1.92 bits per heavy atom. The predicted molar refractivity (Wildman–Crippen MR) is 102 cm³/mol. The smallest absolute Gasteiger partial charge is 0.251 e. The molecule has 25 heavy (non-hydrogen) atoms. The molecule has 7 heteroatoms. The first-order valence-electron chi connectivity index (χ1n) is 7.60. The van der Waals surface area contributed by atoms with E-state index in [1.807, 2.05) is 31.2 Å². The van der Waals surface area contributed by atoms with Crippen LogP contribution in [0.1, 0.15) is 28.9 Å². The summed E-state index contributed by atoms with van der Waals surface area (Å²) in [5.41, 5.74) is 1.23. The zero-order valence-corrected chi connectivity index (χ0v) is 16.1. The van der Waals surface area contributed by atoms with Gasteiger partial charge in [-0.15, -0.1) is 6.58 Å². The molecule has 2 aromatic rings. The molecule has 0 bridgehead atoms. The lowest BCUT2D eigenvalue weighted by Gasteiger charge is -2.15. The number of carbonyl (C=O) groups is 1. The van der Waals surface area contributed by atoms with Crippen molar-refractivity contribution in [2.24, 2.45) is 0 Å². The van der Waals surface area contributed by atoms with Gasteiger partial charge in [0.1, 0.15) is 0 Å². The first-order chi connectivity index (χ1) is 11.8. The van der Waals surface area contributed by atoms with Crippen LogP contribution in [0.25, 0.3) is 0 Å². The van der Waals surface area contributed by atoms with Gasteiger partial charge in [0.15, 0.2) is 0 Å². The number of benzene rings is 2. The Bertz CT molecular complexity index is 864. The molecule has 2 aromatic carbocycles. The lowest BCUT2D eigenvalue weighted by atomic mass is 10.1. The van der Waals surface area contributed by atoms with Crippen molar-refractivity contribution in [3.63, 3.8) is 0 Å². The van der Waals surface area contributed by atoms with E-state index in [0.29, 0.717) is 0 Å². The normalized spacial score (nSPS) is 12.4. The van der Waals surface area contributed by atoms with Gasteiger partial charge in [-0.2, -0.15) is 0 Å². The van der Waals surface area contributed by atoms with Gasteiger partial charge >= 0.3 is 0 Å². The third-order valence-electron chi connectivity index (χ3n) is 3.54. The van der Waals surface area contributed by atoms with Crippen LogP contribution >= 0.6 is 15.9 Å². The minimum Gasteiger partial charge on any atom is -0.346 e.